The quantitative estimate of drug-likeness (QED) is 0.828. The second-order valence-corrected chi connectivity index (χ2v) is 5.33. The van der Waals surface area contributed by atoms with Gasteiger partial charge in [0.05, 0.1) is 25.8 Å². The van der Waals surface area contributed by atoms with Crippen LogP contribution in [0, 0.1) is 0 Å². The lowest BCUT2D eigenvalue weighted by atomic mass is 10.1. The molecule has 0 unspecified atom stereocenters. The molecule has 0 fully saturated rings. The van der Waals surface area contributed by atoms with Gasteiger partial charge in [0, 0.05) is 6.54 Å². The van der Waals surface area contributed by atoms with Gasteiger partial charge in [0.1, 0.15) is 22.8 Å². The maximum Gasteiger partial charge on any atom is 0.259 e. The number of hydrogen-bond donors (Lipinski definition) is 1. The van der Waals surface area contributed by atoms with Crippen LogP contribution in [-0.4, -0.2) is 26.7 Å². The monoisotopic (exact) mass is 349 g/mol. The highest BCUT2D eigenvalue weighted by Crippen LogP contribution is 2.28. The molecule has 24 heavy (non-hydrogen) atoms. The predicted molar refractivity (Wildman–Crippen MR) is 93.3 cm³/mol. The number of halogens is 1. The Hall–Kier alpha value is -2.40. The first-order chi connectivity index (χ1) is 11.6. The van der Waals surface area contributed by atoms with Crippen molar-refractivity contribution in [3.63, 3.8) is 0 Å². The molecule has 5 nitrogen and oxygen atoms in total. The molecule has 1 N–H and O–H groups in total. The second kappa shape index (κ2) is 8.45. The van der Waals surface area contributed by atoms with E-state index in [1.165, 1.54) is 14.2 Å². The van der Waals surface area contributed by atoms with Gasteiger partial charge in [0.25, 0.3) is 5.91 Å². The first-order valence-electron chi connectivity index (χ1n) is 7.51. The molecule has 0 radical (unpaired) electrons. The number of carbonyl (C=O) groups excluding carboxylic acids is 1. The van der Waals surface area contributed by atoms with Gasteiger partial charge in [-0.1, -0.05) is 23.7 Å². The number of hydrogen-bond acceptors (Lipinski definition) is 4. The Morgan fingerprint density at radius 2 is 1.75 bits per heavy atom. The Kier molecular flexibility index (Phi) is 6.32. The first-order valence-corrected chi connectivity index (χ1v) is 7.88. The van der Waals surface area contributed by atoms with E-state index in [9.17, 15) is 4.79 Å². The number of methoxy groups -OCH3 is 2. The molecule has 6 heteroatoms. The Morgan fingerprint density at radius 3 is 2.29 bits per heavy atom. The van der Waals surface area contributed by atoms with Gasteiger partial charge in [-0.25, -0.2) is 0 Å². The lowest BCUT2D eigenvalue weighted by Gasteiger charge is -2.13. The molecule has 1 amide bonds. The van der Waals surface area contributed by atoms with Gasteiger partial charge in [0.15, 0.2) is 0 Å². The number of ether oxygens (including phenoxy) is 3. The summed E-state index contributed by atoms with van der Waals surface area (Å²) in [6.07, 6.45) is 0. The van der Waals surface area contributed by atoms with Crippen LogP contribution < -0.4 is 19.5 Å². The van der Waals surface area contributed by atoms with Crippen molar-refractivity contribution in [1.82, 2.24) is 5.32 Å². The SMILES string of the molecule is CCOc1ccc(CNC(=O)c2c(OC)cccc2OC)cc1Cl. The van der Waals surface area contributed by atoms with Crippen molar-refractivity contribution in [2.24, 2.45) is 0 Å². The standard InChI is InChI=1S/C18H20ClNO4/c1-4-24-14-9-8-12(10-13(14)19)11-20-18(21)17-15(22-2)6-5-7-16(17)23-3/h5-10H,4,11H2,1-3H3,(H,20,21). The third-order valence-corrected chi connectivity index (χ3v) is 3.70. The Bertz CT molecular complexity index is 696. The van der Waals surface area contributed by atoms with E-state index in [-0.39, 0.29) is 5.91 Å². The van der Waals surface area contributed by atoms with Gasteiger partial charge in [-0.05, 0) is 36.8 Å². The molecule has 0 aliphatic heterocycles. The summed E-state index contributed by atoms with van der Waals surface area (Å²) in [5.74, 6) is 1.25. The highest BCUT2D eigenvalue weighted by atomic mass is 35.5. The number of amides is 1. The molecular weight excluding hydrogens is 330 g/mol. The zero-order valence-corrected chi connectivity index (χ0v) is 14.6. The number of carbonyl (C=O) groups is 1. The van der Waals surface area contributed by atoms with Gasteiger partial charge >= 0.3 is 0 Å². The summed E-state index contributed by atoms with van der Waals surface area (Å²) in [4.78, 5) is 12.5. The van der Waals surface area contributed by atoms with E-state index in [1.54, 1.807) is 30.3 Å². The van der Waals surface area contributed by atoms with Crippen molar-refractivity contribution in [3.8, 4) is 17.2 Å². The second-order valence-electron chi connectivity index (χ2n) is 4.92. The molecule has 0 saturated carbocycles. The van der Waals surface area contributed by atoms with E-state index in [4.69, 9.17) is 25.8 Å². The fraction of sp³-hybridized carbons (Fsp3) is 0.278. The summed E-state index contributed by atoms with van der Waals surface area (Å²) in [5, 5.41) is 3.36. The van der Waals surface area contributed by atoms with Crippen LogP contribution in [-0.2, 0) is 6.54 Å². The zero-order valence-electron chi connectivity index (χ0n) is 13.9. The molecule has 0 bridgehead atoms. The highest BCUT2D eigenvalue weighted by molar-refractivity contribution is 6.32. The molecule has 0 aromatic heterocycles. The largest absolute Gasteiger partial charge is 0.496 e. The smallest absolute Gasteiger partial charge is 0.259 e. The van der Waals surface area contributed by atoms with Crippen molar-refractivity contribution in [1.29, 1.82) is 0 Å². The number of benzene rings is 2. The third-order valence-electron chi connectivity index (χ3n) is 3.40. The fourth-order valence-corrected chi connectivity index (χ4v) is 2.53. The average Bonchev–Trinajstić information content (AvgIpc) is 2.61. The molecule has 128 valence electrons. The normalized spacial score (nSPS) is 10.2. The zero-order chi connectivity index (χ0) is 17.5. The minimum absolute atomic E-state index is 0.283. The fourth-order valence-electron chi connectivity index (χ4n) is 2.27. The van der Waals surface area contributed by atoms with Crippen molar-refractivity contribution in [2.45, 2.75) is 13.5 Å². The van der Waals surface area contributed by atoms with Crippen LogP contribution in [0.4, 0.5) is 0 Å². The van der Waals surface area contributed by atoms with Crippen LogP contribution in [0.1, 0.15) is 22.8 Å². The molecular formula is C18H20ClNO4. The molecule has 2 aromatic carbocycles. The lowest BCUT2D eigenvalue weighted by molar-refractivity contribution is 0.0944. The van der Waals surface area contributed by atoms with Gasteiger partial charge in [-0.2, -0.15) is 0 Å². The van der Waals surface area contributed by atoms with Crippen molar-refractivity contribution in [3.05, 3.63) is 52.5 Å². The predicted octanol–water partition coefficient (Wildman–Crippen LogP) is 3.69. The molecule has 0 saturated heterocycles. The molecule has 0 heterocycles. The lowest BCUT2D eigenvalue weighted by Crippen LogP contribution is -2.24. The van der Waals surface area contributed by atoms with Crippen molar-refractivity contribution in [2.75, 3.05) is 20.8 Å². The Labute approximate surface area is 146 Å². The average molecular weight is 350 g/mol. The summed E-state index contributed by atoms with van der Waals surface area (Å²) in [6, 6.07) is 10.6. The van der Waals surface area contributed by atoms with E-state index in [0.717, 1.165) is 5.56 Å². The minimum Gasteiger partial charge on any atom is -0.496 e. The molecule has 0 aliphatic carbocycles. The molecule has 0 spiro atoms. The molecule has 0 aliphatic rings. The van der Waals surface area contributed by atoms with Gasteiger partial charge in [-0.3, -0.25) is 4.79 Å². The minimum atomic E-state index is -0.283. The Balaban J connectivity index is 2.13. The first kappa shape index (κ1) is 17.9. The van der Waals surface area contributed by atoms with Crippen LogP contribution in [0.25, 0.3) is 0 Å². The summed E-state index contributed by atoms with van der Waals surface area (Å²) in [5.41, 5.74) is 1.23. The molecule has 2 rings (SSSR count). The molecule has 2 aromatic rings. The number of nitrogens with one attached hydrogen (secondary N) is 1. The van der Waals surface area contributed by atoms with E-state index >= 15 is 0 Å². The van der Waals surface area contributed by atoms with Crippen LogP contribution in [0.3, 0.4) is 0 Å². The van der Waals surface area contributed by atoms with Gasteiger partial charge < -0.3 is 19.5 Å². The van der Waals surface area contributed by atoms with Crippen LogP contribution in [0.2, 0.25) is 5.02 Å². The van der Waals surface area contributed by atoms with Crippen LogP contribution in [0.15, 0.2) is 36.4 Å². The topological polar surface area (TPSA) is 56.8 Å². The van der Waals surface area contributed by atoms with Gasteiger partial charge in [0.2, 0.25) is 0 Å². The van der Waals surface area contributed by atoms with Crippen LogP contribution in [0.5, 0.6) is 17.2 Å². The van der Waals surface area contributed by atoms with E-state index in [2.05, 4.69) is 5.32 Å². The summed E-state index contributed by atoms with van der Waals surface area (Å²) in [7, 11) is 3.02. The summed E-state index contributed by atoms with van der Waals surface area (Å²) < 4.78 is 15.9. The Morgan fingerprint density at radius 1 is 1.08 bits per heavy atom. The van der Waals surface area contributed by atoms with Crippen molar-refractivity contribution < 1.29 is 19.0 Å². The van der Waals surface area contributed by atoms with E-state index in [1.807, 2.05) is 13.0 Å². The summed E-state index contributed by atoms with van der Waals surface area (Å²) >= 11 is 6.16. The molecule has 0 atom stereocenters. The van der Waals surface area contributed by atoms with Gasteiger partial charge in [-0.15, -0.1) is 0 Å². The summed E-state index contributed by atoms with van der Waals surface area (Å²) in [6.45, 7) is 2.76. The van der Waals surface area contributed by atoms with E-state index < -0.39 is 0 Å². The van der Waals surface area contributed by atoms with Crippen LogP contribution >= 0.6 is 11.6 Å². The number of rotatable bonds is 7. The third kappa shape index (κ3) is 4.11. The van der Waals surface area contributed by atoms with E-state index in [0.29, 0.717) is 41.0 Å². The maximum atomic E-state index is 12.5. The van der Waals surface area contributed by atoms with Crippen molar-refractivity contribution >= 4 is 17.5 Å². The highest BCUT2D eigenvalue weighted by Gasteiger charge is 2.17. The maximum absolute atomic E-state index is 12.5.